The lowest BCUT2D eigenvalue weighted by atomic mass is 10.1. The summed E-state index contributed by atoms with van der Waals surface area (Å²) in [5, 5.41) is 15.5. The monoisotopic (exact) mass is 494 g/mol. The zero-order chi connectivity index (χ0) is 22.9. The lowest BCUT2D eigenvalue weighted by Crippen LogP contribution is -2.15. The van der Waals surface area contributed by atoms with Crippen molar-refractivity contribution in [3.63, 3.8) is 0 Å². The van der Waals surface area contributed by atoms with Gasteiger partial charge in [0.15, 0.2) is 11.0 Å². The molecule has 0 N–H and O–H groups in total. The number of nitrogens with zero attached hydrogens (tertiary/aromatic N) is 6. The molecule has 7 nitrogen and oxygen atoms in total. The summed E-state index contributed by atoms with van der Waals surface area (Å²) in [5.74, 6) is 1.21. The fourth-order valence-electron chi connectivity index (χ4n) is 3.43. The fourth-order valence-corrected chi connectivity index (χ4v) is 5.25. The number of hydrogen-bond acceptors (Lipinski definition) is 7. The maximum absolute atomic E-state index is 12.5. The van der Waals surface area contributed by atoms with Crippen molar-refractivity contribution >= 4 is 39.7 Å². The summed E-state index contributed by atoms with van der Waals surface area (Å²) < 4.78 is 3.41. The third kappa shape index (κ3) is 4.31. The summed E-state index contributed by atoms with van der Waals surface area (Å²) >= 11 is 9.01. The molecule has 3 heterocycles. The molecule has 0 fully saturated rings. The summed E-state index contributed by atoms with van der Waals surface area (Å²) in [7, 11) is 0. The molecule has 0 atom stereocenters. The molecule has 10 heteroatoms. The Labute approximate surface area is 203 Å². The first-order chi connectivity index (χ1) is 16.0. The Morgan fingerprint density at radius 1 is 1.09 bits per heavy atom. The van der Waals surface area contributed by atoms with Gasteiger partial charge in [-0.15, -0.1) is 10.2 Å². The van der Waals surface area contributed by atoms with Gasteiger partial charge in [0.1, 0.15) is 5.01 Å². The summed E-state index contributed by atoms with van der Waals surface area (Å²) in [4.78, 5) is 17.8. The van der Waals surface area contributed by atoms with Crippen LogP contribution in [-0.2, 0) is 12.2 Å². The average molecular weight is 495 g/mol. The van der Waals surface area contributed by atoms with E-state index in [1.165, 1.54) is 33.7 Å². The van der Waals surface area contributed by atoms with Gasteiger partial charge in [-0.25, -0.2) is 4.98 Å². The second-order valence-electron chi connectivity index (χ2n) is 7.35. The van der Waals surface area contributed by atoms with Crippen LogP contribution < -0.4 is 5.56 Å². The maximum atomic E-state index is 12.5. The lowest BCUT2D eigenvalue weighted by Gasteiger charge is -2.13. The highest BCUT2D eigenvalue weighted by Gasteiger charge is 2.18. The van der Waals surface area contributed by atoms with E-state index in [9.17, 15) is 4.79 Å². The van der Waals surface area contributed by atoms with Crippen LogP contribution in [0.3, 0.4) is 0 Å². The molecule has 0 spiro atoms. The normalized spacial score (nSPS) is 11.4. The SMILES string of the molecule is CCc1nn2c(=O)cc(CSc3nnc(-c4ccc(Cl)cc4)n3-c3ccccc3C)nc2s1. The molecule has 0 aliphatic heterocycles. The highest BCUT2D eigenvalue weighted by atomic mass is 35.5. The van der Waals surface area contributed by atoms with E-state index in [1.54, 1.807) is 0 Å². The van der Waals surface area contributed by atoms with E-state index in [0.717, 1.165) is 39.2 Å². The van der Waals surface area contributed by atoms with Gasteiger partial charge in [-0.05, 0) is 49.2 Å². The van der Waals surface area contributed by atoms with Crippen molar-refractivity contribution in [1.82, 2.24) is 29.4 Å². The van der Waals surface area contributed by atoms with Gasteiger partial charge in [-0.3, -0.25) is 9.36 Å². The number of fused-ring (bicyclic) bond motifs is 1. The number of thioether (sulfide) groups is 1. The summed E-state index contributed by atoms with van der Waals surface area (Å²) in [6.07, 6.45) is 0.768. The van der Waals surface area contributed by atoms with E-state index in [2.05, 4.69) is 33.3 Å². The Kier molecular flexibility index (Phi) is 6.01. The van der Waals surface area contributed by atoms with Crippen molar-refractivity contribution in [2.45, 2.75) is 31.2 Å². The van der Waals surface area contributed by atoms with E-state index >= 15 is 0 Å². The minimum absolute atomic E-state index is 0.172. The van der Waals surface area contributed by atoms with Crippen molar-refractivity contribution < 1.29 is 0 Å². The van der Waals surface area contributed by atoms with E-state index in [4.69, 9.17) is 11.6 Å². The second-order valence-corrected chi connectivity index (χ2v) is 9.77. The van der Waals surface area contributed by atoms with Crippen LogP contribution >= 0.6 is 34.7 Å². The molecular weight excluding hydrogens is 476 g/mol. The van der Waals surface area contributed by atoms with Crippen LogP contribution in [0.25, 0.3) is 22.0 Å². The quantitative estimate of drug-likeness (QED) is 0.301. The van der Waals surface area contributed by atoms with Gasteiger partial charge in [0.05, 0.1) is 11.4 Å². The van der Waals surface area contributed by atoms with Crippen molar-refractivity contribution in [3.05, 3.63) is 86.2 Å². The van der Waals surface area contributed by atoms with Crippen LogP contribution in [-0.4, -0.2) is 29.4 Å². The molecule has 0 aliphatic rings. The van der Waals surface area contributed by atoms with E-state index < -0.39 is 0 Å². The molecule has 5 aromatic rings. The Bertz CT molecular complexity index is 1510. The van der Waals surface area contributed by atoms with Gasteiger partial charge in [-0.2, -0.15) is 9.61 Å². The highest BCUT2D eigenvalue weighted by molar-refractivity contribution is 7.98. The number of aryl methyl sites for hydroxylation is 2. The number of aromatic nitrogens is 6. The number of para-hydroxylation sites is 1. The van der Waals surface area contributed by atoms with Gasteiger partial charge in [0.25, 0.3) is 5.56 Å². The molecule has 5 rings (SSSR count). The molecule has 0 saturated heterocycles. The van der Waals surface area contributed by atoms with Crippen molar-refractivity contribution in [2.24, 2.45) is 0 Å². The van der Waals surface area contributed by atoms with Crippen molar-refractivity contribution in [3.8, 4) is 17.1 Å². The third-order valence-electron chi connectivity index (χ3n) is 5.08. The molecule has 0 amide bonds. The minimum atomic E-state index is -0.172. The molecule has 0 bridgehead atoms. The van der Waals surface area contributed by atoms with E-state index in [1.807, 2.05) is 54.0 Å². The molecule has 0 aliphatic carbocycles. The first kappa shape index (κ1) is 21.8. The van der Waals surface area contributed by atoms with Crippen LogP contribution in [0.2, 0.25) is 5.02 Å². The first-order valence-electron chi connectivity index (χ1n) is 10.3. The number of halogens is 1. The average Bonchev–Trinajstić information content (AvgIpc) is 3.43. The van der Waals surface area contributed by atoms with Gasteiger partial charge < -0.3 is 0 Å². The maximum Gasteiger partial charge on any atom is 0.275 e. The van der Waals surface area contributed by atoms with Crippen molar-refractivity contribution in [1.29, 1.82) is 0 Å². The van der Waals surface area contributed by atoms with Crippen LogP contribution in [0.4, 0.5) is 0 Å². The van der Waals surface area contributed by atoms with Gasteiger partial charge in [0.2, 0.25) is 4.96 Å². The molecule has 0 unspecified atom stereocenters. The van der Waals surface area contributed by atoms with E-state index in [-0.39, 0.29) is 5.56 Å². The van der Waals surface area contributed by atoms with Crippen molar-refractivity contribution in [2.75, 3.05) is 0 Å². The second kappa shape index (κ2) is 9.09. The summed E-state index contributed by atoms with van der Waals surface area (Å²) in [5.41, 5.74) is 3.52. The third-order valence-corrected chi connectivity index (χ3v) is 7.35. The van der Waals surface area contributed by atoms with Crippen LogP contribution in [0, 0.1) is 6.92 Å². The zero-order valence-electron chi connectivity index (χ0n) is 17.9. The fraction of sp³-hybridized carbons (Fsp3) is 0.174. The summed E-state index contributed by atoms with van der Waals surface area (Å²) in [6.45, 7) is 4.07. The minimum Gasteiger partial charge on any atom is -0.270 e. The van der Waals surface area contributed by atoms with Crippen LogP contribution in [0.5, 0.6) is 0 Å². The Morgan fingerprint density at radius 3 is 2.64 bits per heavy atom. The Balaban J connectivity index is 1.53. The van der Waals surface area contributed by atoms with Crippen LogP contribution in [0.15, 0.2) is 64.5 Å². The zero-order valence-corrected chi connectivity index (χ0v) is 20.3. The Morgan fingerprint density at radius 2 is 1.88 bits per heavy atom. The number of benzene rings is 2. The largest absolute Gasteiger partial charge is 0.275 e. The smallest absolute Gasteiger partial charge is 0.270 e. The lowest BCUT2D eigenvalue weighted by molar-refractivity contribution is 0.850. The number of hydrogen-bond donors (Lipinski definition) is 0. The van der Waals surface area contributed by atoms with Gasteiger partial charge in [-0.1, -0.05) is 59.8 Å². The van der Waals surface area contributed by atoms with Crippen LogP contribution in [0.1, 0.15) is 23.2 Å². The molecular formula is C23H19ClN6OS2. The molecule has 2 aromatic carbocycles. The standard InChI is InChI=1S/C23H19ClN6OS2/c1-3-19-28-30-20(31)12-17(25-22(30)33-19)13-32-23-27-26-21(15-8-10-16(24)11-9-15)29(23)18-7-5-4-6-14(18)2/h4-12H,3,13H2,1-2H3. The molecule has 33 heavy (non-hydrogen) atoms. The molecule has 0 radical (unpaired) electrons. The highest BCUT2D eigenvalue weighted by Crippen LogP contribution is 2.31. The molecule has 0 saturated carbocycles. The predicted molar refractivity (Wildman–Crippen MR) is 133 cm³/mol. The predicted octanol–water partition coefficient (Wildman–Crippen LogP) is 5.22. The molecule has 3 aromatic heterocycles. The Hall–Kier alpha value is -3.01. The first-order valence-corrected chi connectivity index (χ1v) is 12.5. The van der Waals surface area contributed by atoms with Gasteiger partial charge >= 0.3 is 0 Å². The number of rotatable bonds is 6. The molecule has 166 valence electrons. The topological polar surface area (TPSA) is 78.0 Å². The summed E-state index contributed by atoms with van der Waals surface area (Å²) in [6, 6.07) is 17.2. The van der Waals surface area contributed by atoms with E-state index in [0.29, 0.717) is 21.4 Å². The van der Waals surface area contributed by atoms with Gasteiger partial charge in [0, 0.05) is 22.4 Å².